The summed E-state index contributed by atoms with van der Waals surface area (Å²) in [6.07, 6.45) is -0.359. The summed E-state index contributed by atoms with van der Waals surface area (Å²) >= 11 is 3.47. The van der Waals surface area contributed by atoms with Crippen molar-refractivity contribution in [3.63, 3.8) is 0 Å². The fraction of sp³-hybridized carbons (Fsp3) is 0.267. The van der Waals surface area contributed by atoms with Crippen LogP contribution in [0.1, 0.15) is 40.5 Å². The highest BCUT2D eigenvalue weighted by atomic mass is 79.9. The second kappa shape index (κ2) is 5.71. The van der Waals surface area contributed by atoms with Gasteiger partial charge in [0.25, 0.3) is 0 Å². The molecule has 4 nitrogen and oxygen atoms in total. The Morgan fingerprint density at radius 3 is 2.55 bits per heavy atom. The van der Waals surface area contributed by atoms with Crippen LogP contribution in [0.3, 0.4) is 0 Å². The molecule has 2 aromatic rings. The third kappa shape index (κ3) is 2.88. The summed E-state index contributed by atoms with van der Waals surface area (Å²) in [5.41, 5.74) is 2.15. The Hall–Kier alpha value is -1.75. The van der Waals surface area contributed by atoms with Crippen LogP contribution in [0.25, 0.3) is 0 Å². The zero-order valence-corrected chi connectivity index (χ0v) is 13.0. The molecule has 0 saturated carbocycles. The summed E-state index contributed by atoms with van der Waals surface area (Å²) in [4.78, 5) is 10.8. The maximum Gasteiger partial charge on any atom is 0.371 e. The molecule has 1 heterocycles. The number of aromatic carboxylic acids is 1. The van der Waals surface area contributed by atoms with Crippen molar-refractivity contribution in [3.05, 3.63) is 51.4 Å². The van der Waals surface area contributed by atoms with E-state index in [1.807, 2.05) is 32.9 Å². The zero-order chi connectivity index (χ0) is 14.9. The van der Waals surface area contributed by atoms with Crippen LogP contribution in [0, 0.1) is 13.8 Å². The first kappa shape index (κ1) is 14.7. The van der Waals surface area contributed by atoms with Crippen LogP contribution in [0.15, 0.2) is 33.2 Å². The Labute approximate surface area is 125 Å². The van der Waals surface area contributed by atoms with Crippen LogP contribution < -0.4 is 4.74 Å². The van der Waals surface area contributed by atoms with E-state index in [4.69, 9.17) is 14.3 Å². The Kier molecular flexibility index (Phi) is 4.18. The molecule has 0 spiro atoms. The predicted molar refractivity (Wildman–Crippen MR) is 78.3 cm³/mol. The summed E-state index contributed by atoms with van der Waals surface area (Å²) in [5.74, 6) is 0.0760. The van der Waals surface area contributed by atoms with Gasteiger partial charge in [-0.05, 0) is 56.2 Å². The molecule has 5 heteroatoms. The smallest absolute Gasteiger partial charge is 0.371 e. The molecule has 0 aliphatic heterocycles. The second-order valence-corrected chi connectivity index (χ2v) is 5.42. The molecule has 1 unspecified atom stereocenters. The van der Waals surface area contributed by atoms with Crippen molar-refractivity contribution in [2.75, 3.05) is 0 Å². The molecule has 0 aliphatic rings. The number of carboxylic acid groups (broad SMARTS) is 1. The fourth-order valence-corrected chi connectivity index (χ4v) is 2.25. The molecule has 20 heavy (non-hydrogen) atoms. The third-order valence-electron chi connectivity index (χ3n) is 3.21. The van der Waals surface area contributed by atoms with E-state index in [-0.39, 0.29) is 11.9 Å². The summed E-state index contributed by atoms with van der Waals surface area (Å²) in [6.45, 7) is 5.81. The quantitative estimate of drug-likeness (QED) is 0.891. The number of carbonyl (C=O) groups is 1. The molecule has 0 aliphatic carbocycles. The van der Waals surface area contributed by atoms with Gasteiger partial charge in [-0.2, -0.15) is 0 Å². The highest BCUT2D eigenvalue weighted by Crippen LogP contribution is 2.31. The SMILES string of the molecule is Cc1c(Br)ccc(OC(C)c2ccc(C(=O)O)o2)c1C. The number of hydrogen-bond donors (Lipinski definition) is 1. The van der Waals surface area contributed by atoms with Gasteiger partial charge >= 0.3 is 5.97 Å². The van der Waals surface area contributed by atoms with Gasteiger partial charge in [0.05, 0.1) is 0 Å². The number of benzene rings is 1. The normalized spacial score (nSPS) is 12.2. The standard InChI is InChI=1S/C15H15BrO4/c1-8-9(2)12(5-4-11(8)16)19-10(3)13-6-7-14(20-13)15(17)18/h4-7,10H,1-3H3,(H,17,18). The molecular weight excluding hydrogens is 324 g/mol. The van der Waals surface area contributed by atoms with Gasteiger partial charge < -0.3 is 14.3 Å². The van der Waals surface area contributed by atoms with E-state index in [1.54, 1.807) is 6.07 Å². The van der Waals surface area contributed by atoms with Gasteiger partial charge in [0, 0.05) is 4.47 Å². The highest BCUT2D eigenvalue weighted by molar-refractivity contribution is 9.10. The second-order valence-electron chi connectivity index (χ2n) is 4.56. The molecule has 1 aromatic carbocycles. The van der Waals surface area contributed by atoms with E-state index < -0.39 is 5.97 Å². The monoisotopic (exact) mass is 338 g/mol. The zero-order valence-electron chi connectivity index (χ0n) is 11.4. The topological polar surface area (TPSA) is 59.7 Å². The van der Waals surface area contributed by atoms with Crippen LogP contribution in [-0.2, 0) is 0 Å². The molecule has 0 saturated heterocycles. The van der Waals surface area contributed by atoms with Gasteiger partial charge in [0.15, 0.2) is 6.10 Å². The Morgan fingerprint density at radius 2 is 1.95 bits per heavy atom. The van der Waals surface area contributed by atoms with Crippen molar-refractivity contribution in [3.8, 4) is 5.75 Å². The van der Waals surface area contributed by atoms with Gasteiger partial charge in [-0.3, -0.25) is 0 Å². The Bertz CT molecular complexity index is 645. The summed E-state index contributed by atoms with van der Waals surface area (Å²) in [6, 6.07) is 6.85. The molecule has 0 bridgehead atoms. The molecule has 1 atom stereocenters. The molecule has 0 fully saturated rings. The van der Waals surface area contributed by atoms with Crippen LogP contribution in [-0.4, -0.2) is 11.1 Å². The van der Waals surface area contributed by atoms with Crippen molar-refractivity contribution in [1.82, 2.24) is 0 Å². The third-order valence-corrected chi connectivity index (χ3v) is 4.07. The van der Waals surface area contributed by atoms with E-state index >= 15 is 0 Å². The minimum absolute atomic E-state index is 0.0841. The average Bonchev–Trinajstić information content (AvgIpc) is 2.89. The van der Waals surface area contributed by atoms with E-state index in [2.05, 4.69) is 15.9 Å². The van der Waals surface area contributed by atoms with Crippen molar-refractivity contribution < 1.29 is 19.1 Å². The number of carboxylic acids is 1. The van der Waals surface area contributed by atoms with Crippen molar-refractivity contribution in [2.24, 2.45) is 0 Å². The first-order valence-electron chi connectivity index (χ1n) is 6.15. The molecule has 0 radical (unpaired) electrons. The highest BCUT2D eigenvalue weighted by Gasteiger charge is 2.17. The molecule has 1 N–H and O–H groups in total. The molecule has 0 amide bonds. The van der Waals surface area contributed by atoms with E-state index in [9.17, 15) is 4.79 Å². The van der Waals surface area contributed by atoms with E-state index in [0.29, 0.717) is 5.76 Å². The van der Waals surface area contributed by atoms with Gasteiger partial charge in [0.1, 0.15) is 11.5 Å². The van der Waals surface area contributed by atoms with Gasteiger partial charge in [0.2, 0.25) is 5.76 Å². The first-order chi connectivity index (χ1) is 9.40. The largest absolute Gasteiger partial charge is 0.482 e. The number of hydrogen-bond acceptors (Lipinski definition) is 3. The lowest BCUT2D eigenvalue weighted by molar-refractivity contribution is 0.0655. The van der Waals surface area contributed by atoms with Gasteiger partial charge in [-0.15, -0.1) is 0 Å². The minimum Gasteiger partial charge on any atom is -0.482 e. The number of halogens is 1. The predicted octanol–water partition coefficient (Wildman–Crippen LogP) is 4.50. The first-order valence-corrected chi connectivity index (χ1v) is 6.95. The summed E-state index contributed by atoms with van der Waals surface area (Å²) in [7, 11) is 0. The van der Waals surface area contributed by atoms with Crippen LogP contribution in [0.2, 0.25) is 0 Å². The van der Waals surface area contributed by atoms with Crippen molar-refractivity contribution >= 4 is 21.9 Å². The van der Waals surface area contributed by atoms with Crippen molar-refractivity contribution in [1.29, 1.82) is 0 Å². The van der Waals surface area contributed by atoms with E-state index in [1.165, 1.54) is 6.07 Å². The van der Waals surface area contributed by atoms with Crippen LogP contribution >= 0.6 is 15.9 Å². The average molecular weight is 339 g/mol. The number of furan rings is 1. The lowest BCUT2D eigenvalue weighted by Crippen LogP contribution is -2.04. The van der Waals surface area contributed by atoms with Gasteiger partial charge in [-0.25, -0.2) is 4.79 Å². The number of rotatable bonds is 4. The summed E-state index contributed by atoms with van der Waals surface area (Å²) in [5, 5.41) is 8.84. The lowest BCUT2D eigenvalue weighted by Gasteiger charge is -2.16. The van der Waals surface area contributed by atoms with Crippen LogP contribution in [0.4, 0.5) is 0 Å². The lowest BCUT2D eigenvalue weighted by atomic mass is 10.1. The fourth-order valence-electron chi connectivity index (χ4n) is 1.83. The summed E-state index contributed by atoms with van der Waals surface area (Å²) < 4.78 is 12.1. The Balaban J connectivity index is 2.21. The maximum atomic E-state index is 10.8. The Morgan fingerprint density at radius 1 is 1.25 bits per heavy atom. The van der Waals surface area contributed by atoms with Gasteiger partial charge in [-0.1, -0.05) is 15.9 Å². The minimum atomic E-state index is -1.08. The molecule has 2 rings (SSSR count). The molecule has 1 aromatic heterocycles. The number of ether oxygens (including phenoxy) is 1. The molecular formula is C15H15BrO4. The van der Waals surface area contributed by atoms with E-state index in [0.717, 1.165) is 21.3 Å². The van der Waals surface area contributed by atoms with Crippen LogP contribution in [0.5, 0.6) is 5.75 Å². The van der Waals surface area contributed by atoms with Crippen molar-refractivity contribution in [2.45, 2.75) is 26.9 Å². The molecule has 106 valence electrons. The maximum absolute atomic E-state index is 10.8.